The summed E-state index contributed by atoms with van der Waals surface area (Å²) in [6.45, 7) is 0. The second kappa shape index (κ2) is 6.75. The number of hydrazine groups is 1. The molecule has 1 heterocycles. The molecule has 0 bridgehead atoms. The lowest BCUT2D eigenvalue weighted by molar-refractivity contribution is -0.481. The monoisotopic (exact) mass is 336 g/mol. The Morgan fingerprint density at radius 2 is 1.76 bits per heavy atom. The predicted molar refractivity (Wildman–Crippen MR) is 88.7 cm³/mol. The Morgan fingerprint density at radius 3 is 2.40 bits per heavy atom. The van der Waals surface area contributed by atoms with Crippen molar-refractivity contribution in [3.63, 3.8) is 0 Å². The number of amides is 1. The zero-order valence-electron chi connectivity index (χ0n) is 12.8. The first kappa shape index (κ1) is 16.1. The zero-order chi connectivity index (χ0) is 17.8. The molecule has 0 fully saturated rings. The summed E-state index contributed by atoms with van der Waals surface area (Å²) in [5.74, 6) is -1.40. The minimum absolute atomic E-state index is 0.0341. The number of carbonyl (C=O) groups is 2. The summed E-state index contributed by atoms with van der Waals surface area (Å²) >= 11 is 0. The first-order valence-electron chi connectivity index (χ1n) is 7.26. The number of aromatic nitrogens is 2. The van der Waals surface area contributed by atoms with Gasteiger partial charge in [0.25, 0.3) is 0 Å². The molecule has 0 aliphatic rings. The van der Waals surface area contributed by atoms with Gasteiger partial charge in [0.05, 0.1) is 0 Å². The summed E-state index contributed by atoms with van der Waals surface area (Å²) < 4.78 is 0. The molecule has 0 aliphatic heterocycles. The average Bonchev–Trinajstić information content (AvgIpc) is 3.16. The number of hydrogen-bond donors (Lipinski definition) is 1. The smallest absolute Gasteiger partial charge is 0.340 e. The van der Waals surface area contributed by atoms with Gasteiger partial charge in [0.1, 0.15) is 5.69 Å². The SMILES string of the molecule is O=C(c1ccccc1)c1cccc(N(C(=O)c2ncc[nH]2)[N+](=O)[O-])c1. The number of imidazole rings is 1. The van der Waals surface area contributed by atoms with E-state index in [1.54, 1.807) is 30.3 Å². The molecule has 0 unspecified atom stereocenters. The van der Waals surface area contributed by atoms with Crippen molar-refractivity contribution in [2.75, 3.05) is 5.01 Å². The van der Waals surface area contributed by atoms with E-state index in [1.807, 2.05) is 0 Å². The standard InChI is InChI=1S/C17H12N4O4/c22-15(12-5-2-1-3-6-12)13-7-4-8-14(11-13)20(21(24)25)17(23)16-18-9-10-19-16/h1-11H,(H,18,19). The van der Waals surface area contributed by atoms with Gasteiger partial charge in [0.15, 0.2) is 10.8 Å². The number of nitrogens with zero attached hydrogens (tertiary/aromatic N) is 3. The van der Waals surface area contributed by atoms with Crippen LogP contribution in [0.15, 0.2) is 67.0 Å². The van der Waals surface area contributed by atoms with E-state index in [9.17, 15) is 19.7 Å². The average molecular weight is 336 g/mol. The van der Waals surface area contributed by atoms with Crippen molar-refractivity contribution in [1.82, 2.24) is 9.97 Å². The molecule has 3 aromatic rings. The third-order valence-corrected chi connectivity index (χ3v) is 3.45. The van der Waals surface area contributed by atoms with Gasteiger partial charge < -0.3 is 4.98 Å². The highest BCUT2D eigenvalue weighted by Gasteiger charge is 2.30. The maximum absolute atomic E-state index is 12.5. The minimum Gasteiger partial charge on any atom is -0.340 e. The number of aromatic amines is 1. The van der Waals surface area contributed by atoms with Gasteiger partial charge in [-0.2, -0.15) is 0 Å². The largest absolute Gasteiger partial charge is 0.354 e. The summed E-state index contributed by atoms with van der Waals surface area (Å²) in [4.78, 5) is 42.4. The van der Waals surface area contributed by atoms with Crippen LogP contribution in [0, 0.1) is 10.1 Å². The minimum atomic E-state index is -0.931. The van der Waals surface area contributed by atoms with Gasteiger partial charge in [-0.3, -0.25) is 9.59 Å². The van der Waals surface area contributed by atoms with Crippen LogP contribution in [0.4, 0.5) is 5.69 Å². The molecule has 3 rings (SSSR count). The molecule has 2 aromatic carbocycles. The molecule has 0 aliphatic carbocycles. The maximum atomic E-state index is 12.5. The molecule has 1 aromatic heterocycles. The number of nitro groups is 1. The number of carbonyl (C=O) groups excluding carboxylic acids is 2. The van der Waals surface area contributed by atoms with Gasteiger partial charge in [-0.15, -0.1) is 0 Å². The Morgan fingerprint density at radius 1 is 1.04 bits per heavy atom. The summed E-state index contributed by atoms with van der Waals surface area (Å²) in [7, 11) is 0. The van der Waals surface area contributed by atoms with Crippen molar-refractivity contribution >= 4 is 17.4 Å². The van der Waals surface area contributed by atoms with E-state index in [0.29, 0.717) is 10.6 Å². The topological polar surface area (TPSA) is 109 Å². The molecule has 0 atom stereocenters. The summed E-state index contributed by atoms with van der Waals surface area (Å²) in [5, 5.41) is 10.9. The molecule has 0 saturated carbocycles. The van der Waals surface area contributed by atoms with Crippen LogP contribution in [-0.4, -0.2) is 26.7 Å². The summed E-state index contributed by atoms with van der Waals surface area (Å²) in [5.41, 5.74) is 0.653. The van der Waals surface area contributed by atoms with Crippen LogP contribution in [-0.2, 0) is 0 Å². The van der Waals surface area contributed by atoms with Gasteiger partial charge in [-0.25, -0.2) is 15.1 Å². The third-order valence-electron chi connectivity index (χ3n) is 3.45. The van der Waals surface area contributed by atoms with Crippen LogP contribution in [0.2, 0.25) is 0 Å². The van der Waals surface area contributed by atoms with E-state index in [2.05, 4.69) is 9.97 Å². The van der Waals surface area contributed by atoms with Crippen LogP contribution < -0.4 is 5.01 Å². The fraction of sp³-hybridized carbons (Fsp3) is 0. The van der Waals surface area contributed by atoms with Crippen molar-refractivity contribution in [2.45, 2.75) is 0 Å². The van der Waals surface area contributed by atoms with Crippen LogP contribution in [0.5, 0.6) is 0 Å². The molecule has 0 saturated heterocycles. The second-order valence-corrected chi connectivity index (χ2v) is 5.04. The van der Waals surface area contributed by atoms with E-state index in [1.165, 1.54) is 36.7 Å². The van der Waals surface area contributed by atoms with Gasteiger partial charge in [0.2, 0.25) is 5.82 Å². The van der Waals surface area contributed by atoms with E-state index in [4.69, 9.17) is 0 Å². The van der Waals surface area contributed by atoms with Gasteiger partial charge in [-0.05, 0) is 17.1 Å². The number of anilines is 1. The molecule has 1 amide bonds. The van der Waals surface area contributed by atoms with Crippen LogP contribution in [0.25, 0.3) is 0 Å². The number of ketones is 1. The Hall–Kier alpha value is -3.81. The Kier molecular flexibility index (Phi) is 4.34. The number of hydrogen-bond acceptors (Lipinski definition) is 5. The number of rotatable bonds is 5. The second-order valence-electron chi connectivity index (χ2n) is 5.04. The summed E-state index contributed by atoms with van der Waals surface area (Å²) in [6, 6.07) is 14.2. The van der Waals surface area contributed by atoms with E-state index in [-0.39, 0.29) is 22.9 Å². The number of benzene rings is 2. The van der Waals surface area contributed by atoms with Crippen molar-refractivity contribution in [3.8, 4) is 0 Å². The molecule has 0 radical (unpaired) electrons. The molecule has 0 spiro atoms. The highest BCUT2D eigenvalue weighted by atomic mass is 16.7. The molecular formula is C17H12N4O4. The zero-order valence-corrected chi connectivity index (χ0v) is 12.8. The molecule has 1 N–H and O–H groups in total. The fourth-order valence-corrected chi connectivity index (χ4v) is 2.30. The van der Waals surface area contributed by atoms with E-state index in [0.717, 1.165) is 0 Å². The van der Waals surface area contributed by atoms with Gasteiger partial charge >= 0.3 is 5.91 Å². The highest BCUT2D eigenvalue weighted by Crippen LogP contribution is 2.20. The van der Waals surface area contributed by atoms with Crippen molar-refractivity contribution in [3.05, 3.63) is 94.1 Å². The Labute approximate surface area is 141 Å². The van der Waals surface area contributed by atoms with E-state index >= 15 is 0 Å². The maximum Gasteiger partial charge on any atom is 0.354 e. The van der Waals surface area contributed by atoms with Crippen LogP contribution in [0.3, 0.4) is 0 Å². The van der Waals surface area contributed by atoms with Crippen molar-refractivity contribution < 1.29 is 14.6 Å². The lowest BCUT2D eigenvalue weighted by Gasteiger charge is -2.12. The lowest BCUT2D eigenvalue weighted by atomic mass is 10.0. The van der Waals surface area contributed by atoms with Crippen LogP contribution in [0.1, 0.15) is 26.5 Å². The number of nitrogens with one attached hydrogen (secondary N) is 1. The molecular weight excluding hydrogens is 324 g/mol. The third kappa shape index (κ3) is 3.27. The van der Waals surface area contributed by atoms with Crippen LogP contribution >= 0.6 is 0 Å². The highest BCUT2D eigenvalue weighted by molar-refractivity contribution is 6.10. The molecule has 8 nitrogen and oxygen atoms in total. The fourth-order valence-electron chi connectivity index (χ4n) is 2.30. The quantitative estimate of drug-likeness (QED) is 0.437. The van der Waals surface area contributed by atoms with Gasteiger partial charge in [0, 0.05) is 23.5 Å². The molecule has 124 valence electrons. The molecule has 25 heavy (non-hydrogen) atoms. The normalized spacial score (nSPS) is 10.2. The van der Waals surface area contributed by atoms with Crippen molar-refractivity contribution in [1.29, 1.82) is 0 Å². The lowest BCUT2D eigenvalue weighted by Crippen LogP contribution is -2.37. The first-order chi connectivity index (χ1) is 12.1. The Balaban J connectivity index is 1.97. The first-order valence-corrected chi connectivity index (χ1v) is 7.26. The van der Waals surface area contributed by atoms with E-state index < -0.39 is 10.9 Å². The van der Waals surface area contributed by atoms with Gasteiger partial charge in [-0.1, -0.05) is 42.5 Å². The molecule has 8 heteroatoms. The predicted octanol–water partition coefficient (Wildman–Crippen LogP) is 2.48. The summed E-state index contributed by atoms with van der Waals surface area (Å²) in [6.07, 6.45) is 2.71. The van der Waals surface area contributed by atoms with Crippen molar-refractivity contribution in [2.24, 2.45) is 0 Å². The Bertz CT molecular complexity index is 923. The number of H-pyrrole nitrogens is 1.